The molecular weight excluding hydrogens is 238 g/mol. The van der Waals surface area contributed by atoms with E-state index in [1.54, 1.807) is 6.33 Å². The number of imidazole rings is 1. The first-order valence-corrected chi connectivity index (χ1v) is 6.74. The molecule has 4 nitrogen and oxygen atoms in total. The second-order valence-corrected chi connectivity index (χ2v) is 5.05. The summed E-state index contributed by atoms with van der Waals surface area (Å²) in [5.74, 6) is 0.963. The molecule has 4 heteroatoms. The van der Waals surface area contributed by atoms with Crippen molar-refractivity contribution in [3.05, 3.63) is 48.0 Å². The SMILES string of the molecule is Cc1[nH]cnc1CN1CC[C@@H](Oc2ccccc2)C1. The number of hydrogen-bond donors (Lipinski definition) is 1. The van der Waals surface area contributed by atoms with Crippen LogP contribution >= 0.6 is 0 Å². The number of ether oxygens (including phenoxy) is 1. The molecule has 1 fully saturated rings. The zero-order chi connectivity index (χ0) is 13.1. The third kappa shape index (κ3) is 2.96. The molecule has 3 rings (SSSR count). The highest BCUT2D eigenvalue weighted by Gasteiger charge is 2.24. The number of nitrogens with zero attached hydrogens (tertiary/aromatic N) is 2. The molecule has 0 radical (unpaired) electrons. The van der Waals surface area contributed by atoms with Gasteiger partial charge in [-0.3, -0.25) is 4.90 Å². The third-order valence-corrected chi connectivity index (χ3v) is 3.58. The van der Waals surface area contributed by atoms with Crippen LogP contribution in [0.3, 0.4) is 0 Å². The van der Waals surface area contributed by atoms with Crippen LogP contribution in [0, 0.1) is 6.92 Å². The van der Waals surface area contributed by atoms with Crippen molar-refractivity contribution in [2.45, 2.75) is 26.0 Å². The number of aromatic amines is 1. The van der Waals surface area contributed by atoms with Crippen molar-refractivity contribution >= 4 is 0 Å². The van der Waals surface area contributed by atoms with Gasteiger partial charge in [-0.15, -0.1) is 0 Å². The molecule has 1 aliphatic rings. The van der Waals surface area contributed by atoms with Crippen molar-refractivity contribution in [1.82, 2.24) is 14.9 Å². The number of rotatable bonds is 4. The van der Waals surface area contributed by atoms with Crippen molar-refractivity contribution in [2.75, 3.05) is 13.1 Å². The molecular formula is C15H19N3O. The lowest BCUT2D eigenvalue weighted by Gasteiger charge is -2.16. The Morgan fingerprint density at radius 2 is 2.21 bits per heavy atom. The van der Waals surface area contributed by atoms with E-state index in [0.717, 1.165) is 43.2 Å². The molecule has 1 aromatic carbocycles. The van der Waals surface area contributed by atoms with Crippen LogP contribution in [-0.4, -0.2) is 34.1 Å². The number of nitrogens with one attached hydrogen (secondary N) is 1. The zero-order valence-electron chi connectivity index (χ0n) is 11.2. The van der Waals surface area contributed by atoms with Gasteiger partial charge in [0.15, 0.2) is 0 Å². The average Bonchev–Trinajstić information content (AvgIpc) is 3.02. The van der Waals surface area contributed by atoms with E-state index >= 15 is 0 Å². The van der Waals surface area contributed by atoms with Crippen LogP contribution in [0.15, 0.2) is 36.7 Å². The van der Waals surface area contributed by atoms with E-state index < -0.39 is 0 Å². The van der Waals surface area contributed by atoms with E-state index in [9.17, 15) is 0 Å². The molecule has 0 amide bonds. The minimum Gasteiger partial charge on any atom is -0.489 e. The lowest BCUT2D eigenvalue weighted by Crippen LogP contribution is -2.25. The van der Waals surface area contributed by atoms with Crippen molar-refractivity contribution in [3.63, 3.8) is 0 Å². The Kier molecular flexibility index (Phi) is 3.51. The molecule has 19 heavy (non-hydrogen) atoms. The first-order valence-electron chi connectivity index (χ1n) is 6.74. The molecule has 1 atom stereocenters. The van der Waals surface area contributed by atoms with Gasteiger partial charge in [0.25, 0.3) is 0 Å². The van der Waals surface area contributed by atoms with Crippen molar-refractivity contribution in [1.29, 1.82) is 0 Å². The van der Waals surface area contributed by atoms with Gasteiger partial charge in [-0.2, -0.15) is 0 Å². The molecule has 2 aromatic rings. The first kappa shape index (κ1) is 12.2. The number of likely N-dealkylation sites (tertiary alicyclic amines) is 1. The fraction of sp³-hybridized carbons (Fsp3) is 0.400. The van der Waals surface area contributed by atoms with Crippen LogP contribution in [-0.2, 0) is 6.54 Å². The maximum atomic E-state index is 5.99. The molecule has 1 N–H and O–H groups in total. The van der Waals surface area contributed by atoms with E-state index in [1.165, 1.54) is 0 Å². The van der Waals surface area contributed by atoms with Crippen molar-refractivity contribution in [3.8, 4) is 5.75 Å². The minimum absolute atomic E-state index is 0.293. The first-order chi connectivity index (χ1) is 9.31. The quantitative estimate of drug-likeness (QED) is 0.914. The summed E-state index contributed by atoms with van der Waals surface area (Å²) >= 11 is 0. The lowest BCUT2D eigenvalue weighted by atomic mass is 10.3. The monoisotopic (exact) mass is 257 g/mol. The molecule has 1 aromatic heterocycles. The van der Waals surface area contributed by atoms with Crippen LogP contribution in [0.5, 0.6) is 5.75 Å². The summed E-state index contributed by atoms with van der Waals surface area (Å²) in [6.07, 6.45) is 3.14. The highest BCUT2D eigenvalue weighted by Crippen LogP contribution is 2.19. The van der Waals surface area contributed by atoms with Gasteiger partial charge in [-0.05, 0) is 25.5 Å². The minimum atomic E-state index is 0.293. The Hall–Kier alpha value is -1.81. The normalized spacial score (nSPS) is 19.7. The summed E-state index contributed by atoms with van der Waals surface area (Å²) in [5.41, 5.74) is 2.30. The predicted molar refractivity (Wildman–Crippen MR) is 74.1 cm³/mol. The summed E-state index contributed by atoms with van der Waals surface area (Å²) in [6, 6.07) is 10.1. The van der Waals surface area contributed by atoms with Gasteiger partial charge in [-0.25, -0.2) is 4.98 Å². The Bertz CT molecular complexity index is 523. The largest absolute Gasteiger partial charge is 0.489 e. The average molecular weight is 257 g/mol. The van der Waals surface area contributed by atoms with E-state index in [-0.39, 0.29) is 0 Å². The number of benzene rings is 1. The fourth-order valence-corrected chi connectivity index (χ4v) is 2.49. The Morgan fingerprint density at radius 3 is 2.95 bits per heavy atom. The van der Waals surface area contributed by atoms with Crippen LogP contribution in [0.2, 0.25) is 0 Å². The van der Waals surface area contributed by atoms with Gasteiger partial charge in [-0.1, -0.05) is 18.2 Å². The predicted octanol–water partition coefficient (Wildman–Crippen LogP) is 2.37. The van der Waals surface area contributed by atoms with Gasteiger partial charge >= 0.3 is 0 Å². The molecule has 0 spiro atoms. The number of para-hydroxylation sites is 1. The Morgan fingerprint density at radius 1 is 1.37 bits per heavy atom. The molecule has 1 saturated heterocycles. The molecule has 0 aliphatic carbocycles. The maximum Gasteiger partial charge on any atom is 0.119 e. The third-order valence-electron chi connectivity index (χ3n) is 3.58. The lowest BCUT2D eigenvalue weighted by molar-refractivity contribution is 0.198. The second-order valence-electron chi connectivity index (χ2n) is 5.05. The standard InChI is InChI=1S/C15H19N3O/c1-12-15(17-11-16-12)10-18-8-7-14(9-18)19-13-5-3-2-4-6-13/h2-6,11,14H,7-10H2,1H3,(H,16,17)/t14-/m1/s1. The zero-order valence-corrected chi connectivity index (χ0v) is 11.2. The van der Waals surface area contributed by atoms with E-state index in [1.807, 2.05) is 30.3 Å². The second kappa shape index (κ2) is 5.45. The molecule has 0 unspecified atom stereocenters. The van der Waals surface area contributed by atoms with Gasteiger partial charge in [0.1, 0.15) is 11.9 Å². The molecule has 1 aliphatic heterocycles. The smallest absolute Gasteiger partial charge is 0.119 e. The van der Waals surface area contributed by atoms with E-state index in [0.29, 0.717) is 6.10 Å². The summed E-state index contributed by atoms with van der Waals surface area (Å²) in [7, 11) is 0. The van der Waals surface area contributed by atoms with Gasteiger partial charge in [0.2, 0.25) is 0 Å². The summed E-state index contributed by atoms with van der Waals surface area (Å²) in [6.45, 7) is 5.02. The van der Waals surface area contributed by atoms with Gasteiger partial charge in [0.05, 0.1) is 12.0 Å². The molecule has 100 valence electrons. The number of aromatic nitrogens is 2. The van der Waals surface area contributed by atoms with Gasteiger partial charge in [0, 0.05) is 25.3 Å². The topological polar surface area (TPSA) is 41.2 Å². The molecule has 2 heterocycles. The number of H-pyrrole nitrogens is 1. The van der Waals surface area contributed by atoms with Crippen LogP contribution in [0.4, 0.5) is 0 Å². The summed E-state index contributed by atoms with van der Waals surface area (Å²) in [4.78, 5) is 9.87. The highest BCUT2D eigenvalue weighted by atomic mass is 16.5. The van der Waals surface area contributed by atoms with Crippen LogP contribution in [0.25, 0.3) is 0 Å². The van der Waals surface area contributed by atoms with Crippen molar-refractivity contribution < 1.29 is 4.74 Å². The fourth-order valence-electron chi connectivity index (χ4n) is 2.49. The molecule has 0 saturated carbocycles. The van der Waals surface area contributed by atoms with Crippen LogP contribution in [0.1, 0.15) is 17.8 Å². The highest BCUT2D eigenvalue weighted by molar-refractivity contribution is 5.21. The number of hydrogen-bond acceptors (Lipinski definition) is 3. The van der Waals surface area contributed by atoms with Gasteiger partial charge < -0.3 is 9.72 Å². The summed E-state index contributed by atoms with van der Waals surface area (Å²) in [5, 5.41) is 0. The van der Waals surface area contributed by atoms with Crippen molar-refractivity contribution in [2.24, 2.45) is 0 Å². The Labute approximate surface area is 113 Å². The number of aryl methyl sites for hydroxylation is 1. The van der Waals surface area contributed by atoms with E-state index in [4.69, 9.17) is 4.74 Å². The van der Waals surface area contributed by atoms with Crippen LogP contribution < -0.4 is 4.74 Å². The Balaban J connectivity index is 1.54. The maximum absolute atomic E-state index is 5.99. The summed E-state index contributed by atoms with van der Waals surface area (Å²) < 4.78 is 5.99. The molecule has 0 bridgehead atoms. The van der Waals surface area contributed by atoms with E-state index in [2.05, 4.69) is 21.8 Å².